The zero-order valence-electron chi connectivity index (χ0n) is 18.6. The third-order valence-electron chi connectivity index (χ3n) is 5.90. The molecule has 5 rings (SSSR count). The van der Waals surface area contributed by atoms with Gasteiger partial charge >= 0.3 is 6.03 Å². The number of nitrogens with zero attached hydrogens (tertiary/aromatic N) is 3. The third kappa shape index (κ3) is 4.15. The maximum atomic E-state index is 13.6. The minimum Gasteiger partial charge on any atom is -0.457 e. The summed E-state index contributed by atoms with van der Waals surface area (Å²) in [7, 11) is 0. The average molecular weight is 453 g/mol. The van der Waals surface area contributed by atoms with Crippen molar-refractivity contribution in [2.24, 2.45) is 0 Å². The van der Waals surface area contributed by atoms with Crippen LogP contribution in [0.2, 0.25) is 0 Å². The molecule has 0 fully saturated rings. The fourth-order valence-electron chi connectivity index (χ4n) is 4.34. The Balaban J connectivity index is 1.48. The van der Waals surface area contributed by atoms with E-state index < -0.39 is 6.04 Å². The number of benzene rings is 2. The number of hydrogen-bond donors (Lipinski definition) is 1. The minimum atomic E-state index is -0.571. The number of amides is 3. The summed E-state index contributed by atoms with van der Waals surface area (Å²) in [5.41, 5.74) is 3.05. The van der Waals surface area contributed by atoms with Crippen molar-refractivity contribution in [3.63, 3.8) is 0 Å². The highest BCUT2D eigenvalue weighted by molar-refractivity contribution is 6.01. The summed E-state index contributed by atoms with van der Waals surface area (Å²) >= 11 is 0. The normalized spacial score (nSPS) is 17.5. The van der Waals surface area contributed by atoms with Gasteiger partial charge in [-0.05, 0) is 47.5 Å². The van der Waals surface area contributed by atoms with Gasteiger partial charge in [0.05, 0.1) is 23.9 Å². The molecule has 3 heterocycles. The number of carbonyl (C=O) groups excluding carboxylic acids is 2. The summed E-state index contributed by atoms with van der Waals surface area (Å²) in [6, 6.07) is 19.9. The average Bonchev–Trinajstić information content (AvgIpc) is 3.18. The molecule has 2 aliphatic rings. The van der Waals surface area contributed by atoms with E-state index >= 15 is 0 Å². The molecule has 0 spiro atoms. The highest BCUT2D eigenvalue weighted by Gasteiger charge is 2.43. The number of aromatic nitrogens is 1. The van der Waals surface area contributed by atoms with Crippen molar-refractivity contribution in [1.82, 2.24) is 20.1 Å². The molecular weight excluding hydrogens is 428 g/mol. The molecule has 0 aliphatic carbocycles. The van der Waals surface area contributed by atoms with Gasteiger partial charge in [-0.3, -0.25) is 14.7 Å². The highest BCUT2D eigenvalue weighted by Crippen LogP contribution is 2.38. The molecular formula is C27H24N4O3. The predicted octanol–water partition coefficient (Wildman–Crippen LogP) is 4.42. The van der Waals surface area contributed by atoms with Crippen molar-refractivity contribution in [3.8, 4) is 11.5 Å². The van der Waals surface area contributed by atoms with E-state index in [0.29, 0.717) is 42.4 Å². The van der Waals surface area contributed by atoms with Gasteiger partial charge in [0.1, 0.15) is 11.5 Å². The Bertz CT molecular complexity index is 1260. The molecule has 7 heteroatoms. The van der Waals surface area contributed by atoms with Crippen LogP contribution >= 0.6 is 0 Å². The van der Waals surface area contributed by atoms with E-state index in [1.807, 2.05) is 66.7 Å². The zero-order valence-corrected chi connectivity index (χ0v) is 18.6. The van der Waals surface area contributed by atoms with E-state index in [-0.39, 0.29) is 11.9 Å². The van der Waals surface area contributed by atoms with Crippen LogP contribution in [-0.2, 0) is 11.3 Å². The molecule has 3 amide bonds. The van der Waals surface area contributed by atoms with Crippen LogP contribution in [0.15, 0.2) is 103 Å². The predicted molar refractivity (Wildman–Crippen MR) is 128 cm³/mol. The van der Waals surface area contributed by atoms with Gasteiger partial charge in [0, 0.05) is 25.5 Å². The van der Waals surface area contributed by atoms with Gasteiger partial charge < -0.3 is 15.0 Å². The first kappa shape index (κ1) is 21.5. The molecule has 34 heavy (non-hydrogen) atoms. The smallest absolute Gasteiger partial charge is 0.322 e. The molecule has 0 bridgehead atoms. The topological polar surface area (TPSA) is 74.8 Å². The van der Waals surface area contributed by atoms with Crippen LogP contribution in [0.5, 0.6) is 11.5 Å². The van der Waals surface area contributed by atoms with E-state index in [1.165, 1.54) is 0 Å². The van der Waals surface area contributed by atoms with Crippen molar-refractivity contribution >= 4 is 11.9 Å². The fourth-order valence-corrected chi connectivity index (χ4v) is 4.34. The Morgan fingerprint density at radius 1 is 1.03 bits per heavy atom. The first-order valence-corrected chi connectivity index (χ1v) is 11.1. The van der Waals surface area contributed by atoms with Crippen molar-refractivity contribution < 1.29 is 14.3 Å². The first-order valence-electron chi connectivity index (χ1n) is 11.1. The molecule has 2 aromatic carbocycles. The molecule has 7 nitrogen and oxygen atoms in total. The van der Waals surface area contributed by atoms with Crippen LogP contribution in [-0.4, -0.2) is 39.8 Å². The van der Waals surface area contributed by atoms with Gasteiger partial charge in [-0.25, -0.2) is 4.79 Å². The van der Waals surface area contributed by atoms with E-state index in [4.69, 9.17) is 4.74 Å². The molecule has 1 atom stereocenters. The van der Waals surface area contributed by atoms with Crippen molar-refractivity contribution in [2.45, 2.75) is 12.6 Å². The van der Waals surface area contributed by atoms with Crippen molar-refractivity contribution in [3.05, 3.63) is 114 Å². The number of nitrogens with one attached hydrogen (secondary N) is 1. The molecule has 170 valence electrons. The molecule has 3 aromatic rings. The lowest BCUT2D eigenvalue weighted by atomic mass is 9.95. The molecule has 2 aliphatic heterocycles. The fraction of sp³-hybridized carbons (Fsp3) is 0.148. The Morgan fingerprint density at radius 2 is 1.79 bits per heavy atom. The maximum Gasteiger partial charge on any atom is 0.322 e. The van der Waals surface area contributed by atoms with Crippen LogP contribution in [0.4, 0.5) is 4.79 Å². The van der Waals surface area contributed by atoms with Gasteiger partial charge in [-0.1, -0.05) is 36.4 Å². The number of carbonyl (C=O) groups is 2. The highest BCUT2D eigenvalue weighted by atomic mass is 16.5. The molecule has 0 radical (unpaired) electrons. The number of para-hydroxylation sites is 1. The van der Waals surface area contributed by atoms with Gasteiger partial charge in [0.25, 0.3) is 5.91 Å². The SMILES string of the molecule is C=CCN1C(=O)NC(c2cccc(Oc3ccccc3)c2)C2=C1CN(Cc1ccncc1)C2=O. The number of ether oxygens (including phenoxy) is 1. The van der Waals surface area contributed by atoms with Crippen LogP contribution in [0.1, 0.15) is 17.2 Å². The van der Waals surface area contributed by atoms with E-state index in [0.717, 1.165) is 11.1 Å². The quantitative estimate of drug-likeness (QED) is 0.539. The van der Waals surface area contributed by atoms with Gasteiger partial charge in [-0.2, -0.15) is 0 Å². The zero-order chi connectivity index (χ0) is 23.5. The summed E-state index contributed by atoms with van der Waals surface area (Å²) in [6.07, 6.45) is 5.08. The van der Waals surface area contributed by atoms with Crippen LogP contribution < -0.4 is 10.1 Å². The summed E-state index contributed by atoms with van der Waals surface area (Å²) in [5.74, 6) is 1.25. The van der Waals surface area contributed by atoms with Crippen molar-refractivity contribution in [1.29, 1.82) is 0 Å². The first-order chi connectivity index (χ1) is 16.6. The molecule has 0 saturated heterocycles. The van der Waals surface area contributed by atoms with Gasteiger partial charge in [0.15, 0.2) is 0 Å². The minimum absolute atomic E-state index is 0.0970. The summed E-state index contributed by atoms with van der Waals surface area (Å²) < 4.78 is 5.98. The van der Waals surface area contributed by atoms with Crippen LogP contribution in [0.25, 0.3) is 0 Å². The summed E-state index contributed by atoms with van der Waals surface area (Å²) in [4.78, 5) is 34.0. The Labute approximate surface area is 198 Å². The molecule has 1 N–H and O–H groups in total. The van der Waals surface area contributed by atoms with E-state index in [2.05, 4.69) is 16.9 Å². The monoisotopic (exact) mass is 452 g/mol. The molecule has 1 aromatic heterocycles. The lowest BCUT2D eigenvalue weighted by Crippen LogP contribution is -2.47. The Hall–Kier alpha value is -4.39. The van der Waals surface area contributed by atoms with Gasteiger partial charge in [-0.15, -0.1) is 6.58 Å². The number of pyridine rings is 1. The lowest BCUT2D eigenvalue weighted by molar-refractivity contribution is -0.126. The Morgan fingerprint density at radius 3 is 2.56 bits per heavy atom. The largest absolute Gasteiger partial charge is 0.457 e. The molecule has 0 saturated carbocycles. The standard InChI is InChI=1S/C27H24N4O3/c1-2-15-31-23-18-30(17-19-11-13-28-14-12-19)26(32)24(23)25(29-27(31)33)20-7-6-10-22(16-20)34-21-8-4-3-5-9-21/h2-14,16,25H,1,15,17-18H2,(H,29,33). The summed E-state index contributed by atoms with van der Waals surface area (Å²) in [6.45, 7) is 4.89. The second-order valence-corrected chi connectivity index (χ2v) is 8.15. The van der Waals surface area contributed by atoms with Gasteiger partial charge in [0.2, 0.25) is 0 Å². The van der Waals surface area contributed by atoms with Crippen molar-refractivity contribution in [2.75, 3.05) is 13.1 Å². The number of hydrogen-bond acceptors (Lipinski definition) is 4. The number of rotatable bonds is 7. The number of urea groups is 1. The second kappa shape index (κ2) is 9.23. The van der Waals surface area contributed by atoms with E-state index in [9.17, 15) is 9.59 Å². The van der Waals surface area contributed by atoms with Crippen LogP contribution in [0.3, 0.4) is 0 Å². The maximum absolute atomic E-state index is 13.6. The van der Waals surface area contributed by atoms with Crippen LogP contribution in [0, 0.1) is 0 Å². The Kier molecular flexibility index (Phi) is 5.82. The second-order valence-electron chi connectivity index (χ2n) is 8.15. The molecule has 1 unspecified atom stereocenters. The lowest BCUT2D eigenvalue weighted by Gasteiger charge is -2.33. The summed E-state index contributed by atoms with van der Waals surface area (Å²) in [5, 5.41) is 3.01. The third-order valence-corrected chi connectivity index (χ3v) is 5.90. The van der Waals surface area contributed by atoms with E-state index in [1.54, 1.807) is 28.3 Å².